The van der Waals surface area contributed by atoms with Crippen LogP contribution in [0.1, 0.15) is 11.4 Å². The Morgan fingerprint density at radius 1 is 1.24 bits per heavy atom. The molecular formula is C15H10BrCl2FN2. The Hall–Kier alpha value is -1.10. The predicted molar refractivity (Wildman–Crippen MR) is 87.5 cm³/mol. The van der Waals surface area contributed by atoms with Crippen molar-refractivity contribution in [3.05, 3.63) is 63.1 Å². The number of fused-ring (bicyclic) bond motifs is 1. The Morgan fingerprint density at radius 3 is 2.76 bits per heavy atom. The smallest absolute Gasteiger partial charge is 0.144 e. The Labute approximate surface area is 139 Å². The van der Waals surface area contributed by atoms with Gasteiger partial charge >= 0.3 is 0 Å². The van der Waals surface area contributed by atoms with Crippen molar-refractivity contribution in [1.29, 1.82) is 0 Å². The van der Waals surface area contributed by atoms with Crippen molar-refractivity contribution < 1.29 is 4.39 Å². The lowest BCUT2D eigenvalue weighted by molar-refractivity contribution is 0.628. The van der Waals surface area contributed by atoms with E-state index in [1.54, 1.807) is 0 Å². The largest absolute Gasteiger partial charge is 0.322 e. The van der Waals surface area contributed by atoms with E-state index in [1.807, 2.05) is 28.8 Å². The van der Waals surface area contributed by atoms with Gasteiger partial charge in [0.2, 0.25) is 0 Å². The summed E-state index contributed by atoms with van der Waals surface area (Å²) in [5.74, 6) is 0.482. The number of benzene rings is 2. The molecule has 0 aliphatic heterocycles. The summed E-state index contributed by atoms with van der Waals surface area (Å²) in [5.41, 5.74) is 2.41. The third-order valence-electron chi connectivity index (χ3n) is 3.22. The van der Waals surface area contributed by atoms with Gasteiger partial charge in [0, 0.05) is 17.1 Å². The summed E-state index contributed by atoms with van der Waals surface area (Å²) < 4.78 is 16.6. The van der Waals surface area contributed by atoms with E-state index in [-0.39, 0.29) is 10.9 Å². The van der Waals surface area contributed by atoms with E-state index in [1.165, 1.54) is 12.1 Å². The van der Waals surface area contributed by atoms with Gasteiger partial charge in [0.25, 0.3) is 0 Å². The second-order valence-electron chi connectivity index (χ2n) is 4.63. The van der Waals surface area contributed by atoms with Crippen LogP contribution < -0.4 is 0 Å². The van der Waals surface area contributed by atoms with Gasteiger partial charge in [0.1, 0.15) is 11.6 Å². The van der Waals surface area contributed by atoms with E-state index in [0.29, 0.717) is 23.4 Å². The zero-order chi connectivity index (χ0) is 15.0. The maximum Gasteiger partial charge on any atom is 0.144 e. The van der Waals surface area contributed by atoms with Gasteiger partial charge in [-0.1, -0.05) is 39.7 Å². The molecule has 0 radical (unpaired) electrons. The number of imidazole rings is 1. The minimum Gasteiger partial charge on any atom is -0.322 e. The number of hydrogen-bond donors (Lipinski definition) is 0. The number of rotatable bonds is 3. The number of nitrogens with zero attached hydrogens (tertiary/aromatic N) is 2. The van der Waals surface area contributed by atoms with E-state index in [4.69, 9.17) is 23.2 Å². The second kappa shape index (κ2) is 5.95. The molecule has 0 spiro atoms. The summed E-state index contributed by atoms with van der Waals surface area (Å²) in [6, 6.07) is 10.9. The second-order valence-corrected chi connectivity index (χ2v) is 6.22. The van der Waals surface area contributed by atoms with Gasteiger partial charge < -0.3 is 4.57 Å². The molecule has 2 aromatic carbocycles. The summed E-state index contributed by atoms with van der Waals surface area (Å²) in [5, 5.41) is 0.0655. The molecule has 0 saturated carbocycles. The van der Waals surface area contributed by atoms with Crippen molar-refractivity contribution in [1.82, 2.24) is 9.55 Å². The molecule has 21 heavy (non-hydrogen) atoms. The summed E-state index contributed by atoms with van der Waals surface area (Å²) in [6.07, 6.45) is 0. The third kappa shape index (κ3) is 2.93. The molecule has 1 heterocycles. The van der Waals surface area contributed by atoms with Gasteiger partial charge in [-0.05, 0) is 23.8 Å². The fraction of sp³-hybridized carbons (Fsp3) is 0.133. The average molecular weight is 388 g/mol. The average Bonchev–Trinajstić information content (AvgIpc) is 2.77. The molecule has 0 aliphatic carbocycles. The van der Waals surface area contributed by atoms with Crippen LogP contribution >= 0.6 is 39.1 Å². The molecule has 6 heteroatoms. The molecule has 0 aliphatic rings. The van der Waals surface area contributed by atoms with E-state index in [9.17, 15) is 4.39 Å². The first kappa shape index (κ1) is 14.8. The summed E-state index contributed by atoms with van der Waals surface area (Å²) in [6.45, 7) is 0.569. The van der Waals surface area contributed by atoms with E-state index in [0.717, 1.165) is 10.0 Å². The van der Waals surface area contributed by atoms with Crippen LogP contribution in [0.5, 0.6) is 0 Å². The molecule has 0 bridgehead atoms. The Balaban J connectivity index is 2.14. The minimum atomic E-state index is -0.458. The first-order chi connectivity index (χ1) is 10.1. The molecule has 0 unspecified atom stereocenters. The zero-order valence-electron chi connectivity index (χ0n) is 10.8. The molecular weight excluding hydrogens is 378 g/mol. The minimum absolute atomic E-state index is 0.0655. The van der Waals surface area contributed by atoms with E-state index >= 15 is 0 Å². The molecule has 3 rings (SSSR count). The molecule has 1 aromatic heterocycles. The topological polar surface area (TPSA) is 17.8 Å². The highest BCUT2D eigenvalue weighted by Crippen LogP contribution is 2.25. The molecule has 3 aromatic rings. The fourth-order valence-electron chi connectivity index (χ4n) is 2.27. The fourth-order valence-corrected chi connectivity index (χ4v) is 3.07. The molecule has 0 fully saturated rings. The zero-order valence-corrected chi connectivity index (χ0v) is 13.9. The Bertz CT molecular complexity index is 817. The number of aromatic nitrogens is 2. The number of alkyl halides is 1. The highest BCUT2D eigenvalue weighted by molar-refractivity contribution is 9.10. The number of hydrogen-bond acceptors (Lipinski definition) is 1. The number of halogens is 4. The van der Waals surface area contributed by atoms with Gasteiger partial charge in [-0.2, -0.15) is 0 Å². The van der Waals surface area contributed by atoms with Gasteiger partial charge in [0.05, 0.1) is 21.9 Å². The lowest BCUT2D eigenvalue weighted by Crippen LogP contribution is -2.04. The van der Waals surface area contributed by atoms with Crippen LogP contribution in [0.2, 0.25) is 5.02 Å². The summed E-state index contributed by atoms with van der Waals surface area (Å²) in [7, 11) is 0. The van der Waals surface area contributed by atoms with Crippen LogP contribution in [0.15, 0.2) is 40.9 Å². The lowest BCUT2D eigenvalue weighted by atomic mass is 10.2. The third-order valence-corrected chi connectivity index (χ3v) is 4.24. The van der Waals surface area contributed by atoms with Gasteiger partial charge in [0.15, 0.2) is 0 Å². The van der Waals surface area contributed by atoms with Crippen LogP contribution in [0.25, 0.3) is 11.0 Å². The van der Waals surface area contributed by atoms with Gasteiger partial charge in [-0.25, -0.2) is 9.37 Å². The van der Waals surface area contributed by atoms with Crippen LogP contribution in [-0.2, 0) is 12.4 Å². The molecule has 2 nitrogen and oxygen atoms in total. The Morgan fingerprint density at radius 2 is 2.05 bits per heavy atom. The summed E-state index contributed by atoms with van der Waals surface area (Å²) >= 11 is 15.2. The van der Waals surface area contributed by atoms with Crippen LogP contribution in [0.4, 0.5) is 4.39 Å². The molecule has 0 N–H and O–H groups in total. The van der Waals surface area contributed by atoms with Crippen molar-refractivity contribution >= 4 is 50.2 Å². The summed E-state index contributed by atoms with van der Waals surface area (Å²) in [4.78, 5) is 4.42. The monoisotopic (exact) mass is 386 g/mol. The van der Waals surface area contributed by atoms with Gasteiger partial charge in [-0.15, -0.1) is 11.6 Å². The molecule has 0 saturated heterocycles. The highest BCUT2D eigenvalue weighted by Gasteiger charge is 2.13. The molecule has 0 amide bonds. The van der Waals surface area contributed by atoms with Crippen molar-refractivity contribution in [2.45, 2.75) is 12.4 Å². The normalized spacial score (nSPS) is 11.2. The first-order valence-electron chi connectivity index (χ1n) is 6.23. The maximum absolute atomic E-state index is 13.7. The van der Waals surface area contributed by atoms with E-state index < -0.39 is 5.82 Å². The van der Waals surface area contributed by atoms with Crippen LogP contribution in [-0.4, -0.2) is 9.55 Å². The van der Waals surface area contributed by atoms with Gasteiger partial charge in [-0.3, -0.25) is 0 Å². The maximum atomic E-state index is 13.7. The SMILES string of the molecule is Fc1cc2c(cc1Cl)nc(CCl)n2Cc1cccc(Br)c1. The van der Waals surface area contributed by atoms with Crippen molar-refractivity contribution in [2.24, 2.45) is 0 Å². The molecule has 0 atom stereocenters. The van der Waals surface area contributed by atoms with Crippen molar-refractivity contribution in [2.75, 3.05) is 0 Å². The lowest BCUT2D eigenvalue weighted by Gasteiger charge is -2.08. The Kier molecular flexibility index (Phi) is 4.20. The van der Waals surface area contributed by atoms with E-state index in [2.05, 4.69) is 20.9 Å². The highest BCUT2D eigenvalue weighted by atomic mass is 79.9. The van der Waals surface area contributed by atoms with Crippen molar-refractivity contribution in [3.63, 3.8) is 0 Å². The quantitative estimate of drug-likeness (QED) is 0.551. The van der Waals surface area contributed by atoms with Crippen LogP contribution in [0, 0.1) is 5.82 Å². The van der Waals surface area contributed by atoms with Crippen molar-refractivity contribution in [3.8, 4) is 0 Å². The standard InChI is InChI=1S/C15H10BrCl2FN2/c16-10-3-1-2-9(4-10)8-21-14-6-12(19)11(18)5-13(14)20-15(21)7-17/h1-6H,7-8H2. The van der Waals surface area contributed by atoms with Crippen LogP contribution in [0.3, 0.4) is 0 Å². The molecule has 108 valence electrons. The first-order valence-corrected chi connectivity index (χ1v) is 7.93. The predicted octanol–water partition coefficient (Wildman–Crippen LogP) is 5.38.